The molecule has 0 bridgehead atoms. The van der Waals surface area contributed by atoms with Crippen molar-refractivity contribution in [1.29, 1.82) is 0 Å². The van der Waals surface area contributed by atoms with Gasteiger partial charge >= 0.3 is 5.97 Å². The van der Waals surface area contributed by atoms with E-state index >= 15 is 0 Å². The lowest BCUT2D eigenvalue weighted by atomic mass is 10.0. The predicted molar refractivity (Wildman–Crippen MR) is 128 cm³/mol. The van der Waals surface area contributed by atoms with Gasteiger partial charge in [0, 0.05) is 17.5 Å². The van der Waals surface area contributed by atoms with Crippen LogP contribution in [0.5, 0.6) is 0 Å². The van der Waals surface area contributed by atoms with Crippen molar-refractivity contribution in [2.75, 3.05) is 12.8 Å². The van der Waals surface area contributed by atoms with Gasteiger partial charge in [0.15, 0.2) is 0 Å². The molecule has 1 atom stereocenters. The van der Waals surface area contributed by atoms with Crippen LogP contribution in [0.3, 0.4) is 0 Å². The van der Waals surface area contributed by atoms with Crippen molar-refractivity contribution < 1.29 is 28.4 Å². The summed E-state index contributed by atoms with van der Waals surface area (Å²) in [7, 11) is -4.40. The molecule has 2 aromatic rings. The Labute approximate surface area is 195 Å². The third kappa shape index (κ3) is 5.18. The van der Waals surface area contributed by atoms with Crippen molar-refractivity contribution in [3.8, 4) is 0 Å². The number of hydrogen-bond acceptors (Lipinski definition) is 6. The second-order valence-corrected chi connectivity index (χ2v) is 11.6. The molecule has 6 nitrogen and oxygen atoms in total. The highest BCUT2D eigenvalue weighted by atomic mass is 31.2. The zero-order valence-corrected chi connectivity index (χ0v) is 21.0. The summed E-state index contributed by atoms with van der Waals surface area (Å²) in [5.74, 6) is -0.864. The van der Waals surface area contributed by atoms with Gasteiger partial charge in [-0.1, -0.05) is 35.4 Å². The number of esters is 1. The second-order valence-electron chi connectivity index (χ2n) is 8.99. The van der Waals surface area contributed by atoms with E-state index in [0.29, 0.717) is 35.3 Å². The first-order valence-electron chi connectivity index (χ1n) is 11.1. The summed E-state index contributed by atoms with van der Waals surface area (Å²) < 4.78 is 25.0. The van der Waals surface area contributed by atoms with E-state index in [1.165, 1.54) is 0 Å². The van der Waals surface area contributed by atoms with E-state index in [0.717, 1.165) is 17.5 Å². The number of benzene rings is 2. The van der Waals surface area contributed by atoms with Gasteiger partial charge in [0.05, 0.1) is 6.61 Å². The van der Waals surface area contributed by atoms with Gasteiger partial charge in [-0.15, -0.1) is 0 Å². The van der Waals surface area contributed by atoms with Crippen LogP contribution in [0.1, 0.15) is 66.9 Å². The van der Waals surface area contributed by atoms with Crippen LogP contribution < -0.4 is 0 Å². The third-order valence-electron chi connectivity index (χ3n) is 5.94. The molecule has 0 aliphatic carbocycles. The van der Waals surface area contributed by atoms with Crippen LogP contribution in [0.25, 0.3) is 0 Å². The van der Waals surface area contributed by atoms with Gasteiger partial charge in [-0.2, -0.15) is 0 Å². The number of ether oxygens (including phenoxy) is 2. The Hall–Kier alpha value is -2.56. The number of carbonyl (C=O) groups excluding carboxylic acids is 3. The molecule has 176 valence electrons. The highest BCUT2D eigenvalue weighted by Crippen LogP contribution is 2.53. The monoisotopic (exact) mass is 470 g/mol. The molecule has 1 aliphatic heterocycles. The molecule has 0 aromatic heterocycles. The molecule has 2 aromatic carbocycles. The first kappa shape index (κ1) is 25.1. The van der Waals surface area contributed by atoms with Crippen LogP contribution in [0.15, 0.2) is 24.3 Å². The first-order valence-corrected chi connectivity index (χ1v) is 13.0. The van der Waals surface area contributed by atoms with Gasteiger partial charge in [0.1, 0.15) is 6.16 Å². The molecule has 1 aliphatic rings. The first-order chi connectivity index (χ1) is 15.4. The van der Waals surface area contributed by atoms with Gasteiger partial charge in [0.25, 0.3) is 0 Å². The summed E-state index contributed by atoms with van der Waals surface area (Å²) >= 11 is 0. The Morgan fingerprint density at radius 2 is 1.27 bits per heavy atom. The quantitative estimate of drug-likeness (QED) is 0.389. The summed E-state index contributed by atoms with van der Waals surface area (Å²) in [6.45, 7) is 11.2. The Morgan fingerprint density at radius 3 is 1.64 bits per heavy atom. The average Bonchev–Trinajstić information content (AvgIpc) is 3.18. The third-order valence-corrected chi connectivity index (χ3v) is 8.40. The molecule has 0 N–H and O–H groups in total. The summed E-state index contributed by atoms with van der Waals surface area (Å²) in [5, 5.41) is 0. The molecule has 3 rings (SSSR count). The zero-order chi connectivity index (χ0) is 24.5. The fraction of sp³-hybridized carbons (Fsp3) is 0.423. The molecular formula is C26H31O6P. The highest BCUT2D eigenvalue weighted by Gasteiger charge is 2.45. The summed E-state index contributed by atoms with van der Waals surface area (Å²) in [5.41, 5.74) is 3.24. The molecule has 33 heavy (non-hydrogen) atoms. The lowest BCUT2D eigenvalue weighted by molar-refractivity contribution is -0.166. The average molecular weight is 471 g/mol. The normalized spacial score (nSPS) is 16.0. The van der Waals surface area contributed by atoms with Crippen LogP contribution in [-0.4, -0.2) is 36.1 Å². The van der Waals surface area contributed by atoms with Crippen molar-refractivity contribution >= 4 is 24.2 Å². The fourth-order valence-electron chi connectivity index (χ4n) is 4.64. The fourth-order valence-corrected chi connectivity index (χ4v) is 6.98. The minimum atomic E-state index is -4.40. The van der Waals surface area contributed by atoms with E-state index in [1.54, 1.807) is 27.7 Å². The number of rotatable bonds is 7. The molecule has 0 radical (unpaired) electrons. The van der Waals surface area contributed by atoms with Crippen molar-refractivity contribution in [2.45, 2.75) is 60.7 Å². The Kier molecular flexibility index (Phi) is 7.40. The second kappa shape index (κ2) is 9.74. The standard InChI is InChI=1S/C26H31O6P/c1-15-10-17(3)23(18(4)11-15)25(28)33(30,14-21(27)32-22-8-7-9-31-22)26(29)24-19(5)12-16(2)13-20(24)6/h10-13,22H,7-9,14H2,1-6H3. The zero-order valence-electron chi connectivity index (χ0n) is 20.1. The maximum absolute atomic E-state index is 14.3. The van der Waals surface area contributed by atoms with E-state index in [-0.39, 0.29) is 11.1 Å². The summed E-state index contributed by atoms with van der Waals surface area (Å²) in [6.07, 6.45) is -0.243. The minimum Gasteiger partial charge on any atom is -0.435 e. The number of carbonyl (C=O) groups is 3. The van der Waals surface area contributed by atoms with E-state index in [2.05, 4.69) is 0 Å². The SMILES string of the molecule is Cc1cc(C)c(C(=O)P(=O)(CC(=O)OC2CCCO2)C(=O)c2c(C)cc(C)cc2C)c(C)c1. The van der Waals surface area contributed by atoms with Gasteiger partial charge in [0.2, 0.25) is 24.5 Å². The Balaban J connectivity index is 2.10. The van der Waals surface area contributed by atoms with Crippen LogP contribution in [0.4, 0.5) is 0 Å². The smallest absolute Gasteiger partial charge is 0.316 e. The lowest BCUT2D eigenvalue weighted by Crippen LogP contribution is -2.25. The molecule has 1 unspecified atom stereocenters. The largest absolute Gasteiger partial charge is 0.435 e. The van der Waals surface area contributed by atoms with Crippen LogP contribution in [0.2, 0.25) is 0 Å². The van der Waals surface area contributed by atoms with Crippen molar-refractivity contribution in [2.24, 2.45) is 0 Å². The van der Waals surface area contributed by atoms with Crippen molar-refractivity contribution in [3.05, 3.63) is 68.8 Å². The molecule has 1 saturated heterocycles. The maximum atomic E-state index is 14.3. The van der Waals surface area contributed by atoms with Gasteiger partial charge in [-0.25, -0.2) is 0 Å². The van der Waals surface area contributed by atoms with Crippen molar-refractivity contribution in [3.63, 3.8) is 0 Å². The van der Waals surface area contributed by atoms with Crippen LogP contribution in [0, 0.1) is 41.5 Å². The molecule has 1 fully saturated rings. The molecule has 0 spiro atoms. The maximum Gasteiger partial charge on any atom is 0.316 e. The van der Waals surface area contributed by atoms with Crippen LogP contribution >= 0.6 is 7.14 Å². The topological polar surface area (TPSA) is 86.7 Å². The van der Waals surface area contributed by atoms with Crippen molar-refractivity contribution in [1.82, 2.24) is 0 Å². The van der Waals surface area contributed by atoms with E-state index in [1.807, 2.05) is 38.1 Å². The number of aryl methyl sites for hydroxylation is 6. The Morgan fingerprint density at radius 1 is 0.848 bits per heavy atom. The Bertz CT molecular complexity index is 1050. The molecule has 0 saturated carbocycles. The summed E-state index contributed by atoms with van der Waals surface area (Å²) in [6, 6.07) is 7.23. The van der Waals surface area contributed by atoms with E-state index < -0.39 is 36.6 Å². The van der Waals surface area contributed by atoms with Crippen LogP contribution in [-0.2, 0) is 18.8 Å². The summed E-state index contributed by atoms with van der Waals surface area (Å²) in [4.78, 5) is 40.3. The molecule has 1 heterocycles. The minimum absolute atomic E-state index is 0.226. The van der Waals surface area contributed by atoms with E-state index in [4.69, 9.17) is 9.47 Å². The number of hydrogen-bond donors (Lipinski definition) is 0. The molecule has 7 heteroatoms. The molecule has 0 amide bonds. The van der Waals surface area contributed by atoms with E-state index in [9.17, 15) is 18.9 Å². The predicted octanol–water partition coefficient (Wildman–Crippen LogP) is 5.56. The molecular weight excluding hydrogens is 439 g/mol. The van der Waals surface area contributed by atoms with Gasteiger partial charge in [-0.3, -0.25) is 14.4 Å². The van der Waals surface area contributed by atoms with Gasteiger partial charge < -0.3 is 14.0 Å². The lowest BCUT2D eigenvalue weighted by Gasteiger charge is -2.21. The highest BCUT2D eigenvalue weighted by molar-refractivity contribution is 7.96. The van der Waals surface area contributed by atoms with Gasteiger partial charge in [-0.05, 0) is 70.2 Å².